The molecule has 1 aliphatic heterocycles. The molecular weight excluding hydrogens is 244 g/mol. The molecule has 1 saturated heterocycles. The van der Waals surface area contributed by atoms with Gasteiger partial charge < -0.3 is 20.5 Å². The highest BCUT2D eigenvalue weighted by molar-refractivity contribution is 6.31. The van der Waals surface area contributed by atoms with Gasteiger partial charge >= 0.3 is 6.03 Å². The molecule has 0 aliphatic carbocycles. The van der Waals surface area contributed by atoms with E-state index in [1.165, 1.54) is 12.1 Å². The van der Waals surface area contributed by atoms with Gasteiger partial charge in [0.2, 0.25) is 0 Å². The number of halogens is 1. The summed E-state index contributed by atoms with van der Waals surface area (Å²) >= 11 is 5.76. The average Bonchev–Trinajstić information content (AvgIpc) is 2.76. The predicted octanol–water partition coefficient (Wildman–Crippen LogP) is 2.30. The minimum atomic E-state index is -0.422. The van der Waals surface area contributed by atoms with E-state index in [1.807, 2.05) is 0 Å². The quantitative estimate of drug-likeness (QED) is 0.711. The van der Waals surface area contributed by atoms with Gasteiger partial charge in [-0.1, -0.05) is 11.6 Å². The molecule has 1 fully saturated rings. The lowest BCUT2D eigenvalue weighted by atomic mass is 10.3. The molecule has 2 rings (SSSR count). The van der Waals surface area contributed by atoms with Crippen molar-refractivity contribution in [2.24, 2.45) is 0 Å². The number of amides is 2. The van der Waals surface area contributed by atoms with Crippen LogP contribution < -0.4 is 10.6 Å². The van der Waals surface area contributed by atoms with E-state index in [4.69, 9.17) is 16.3 Å². The number of anilines is 1. The van der Waals surface area contributed by atoms with Gasteiger partial charge in [-0.05, 0) is 31.0 Å². The molecule has 5 nitrogen and oxygen atoms in total. The van der Waals surface area contributed by atoms with Crippen molar-refractivity contribution < 1.29 is 14.6 Å². The molecule has 1 heterocycles. The Morgan fingerprint density at radius 3 is 3.06 bits per heavy atom. The zero-order valence-electron chi connectivity index (χ0n) is 9.07. The Balaban J connectivity index is 1.95. The Hall–Kier alpha value is -1.46. The minimum absolute atomic E-state index is 0.0307. The molecule has 6 heteroatoms. The van der Waals surface area contributed by atoms with Crippen LogP contribution >= 0.6 is 11.6 Å². The van der Waals surface area contributed by atoms with Crippen LogP contribution in [-0.2, 0) is 4.74 Å². The molecule has 1 atom stereocenters. The second-order valence-corrected chi connectivity index (χ2v) is 4.20. The van der Waals surface area contributed by atoms with Gasteiger partial charge in [0.1, 0.15) is 12.0 Å². The Bertz CT molecular complexity index is 419. The molecule has 0 aromatic heterocycles. The molecule has 1 aromatic rings. The topological polar surface area (TPSA) is 70.6 Å². The highest BCUT2D eigenvalue weighted by atomic mass is 35.5. The molecule has 0 saturated carbocycles. The number of nitrogens with one attached hydrogen (secondary N) is 2. The maximum absolute atomic E-state index is 11.6. The van der Waals surface area contributed by atoms with Gasteiger partial charge in [-0.15, -0.1) is 0 Å². The molecule has 1 unspecified atom stereocenters. The molecular formula is C11H13ClN2O3. The third-order valence-electron chi connectivity index (χ3n) is 2.43. The number of ether oxygens (including phenoxy) is 1. The molecule has 92 valence electrons. The van der Waals surface area contributed by atoms with Crippen molar-refractivity contribution in [3.8, 4) is 5.75 Å². The van der Waals surface area contributed by atoms with E-state index >= 15 is 0 Å². The van der Waals surface area contributed by atoms with Crippen LogP contribution in [0.2, 0.25) is 5.02 Å². The number of aromatic hydroxyl groups is 1. The summed E-state index contributed by atoms with van der Waals surface area (Å²) in [5, 5.41) is 15.1. The monoisotopic (exact) mass is 256 g/mol. The summed E-state index contributed by atoms with van der Waals surface area (Å²) in [6.45, 7) is 0.660. The number of urea groups is 1. The van der Waals surface area contributed by atoms with Crippen LogP contribution in [-0.4, -0.2) is 24.0 Å². The van der Waals surface area contributed by atoms with Crippen LogP contribution in [0.15, 0.2) is 18.2 Å². The van der Waals surface area contributed by atoms with Crippen LogP contribution in [0.25, 0.3) is 0 Å². The van der Waals surface area contributed by atoms with Crippen molar-refractivity contribution >= 4 is 23.3 Å². The smallest absolute Gasteiger partial charge is 0.321 e. The number of hydrogen-bond donors (Lipinski definition) is 3. The number of phenolic OH excluding ortho intramolecular Hbond substituents is 1. The third kappa shape index (κ3) is 3.25. The lowest BCUT2D eigenvalue weighted by Crippen LogP contribution is -2.37. The summed E-state index contributed by atoms with van der Waals surface area (Å²) in [5.74, 6) is -0.0307. The predicted molar refractivity (Wildman–Crippen MR) is 64.2 cm³/mol. The van der Waals surface area contributed by atoms with Crippen LogP contribution in [0.5, 0.6) is 5.75 Å². The molecule has 1 aliphatic rings. The van der Waals surface area contributed by atoms with Crippen molar-refractivity contribution in [3.05, 3.63) is 23.2 Å². The zero-order chi connectivity index (χ0) is 12.3. The van der Waals surface area contributed by atoms with Crippen molar-refractivity contribution in [1.29, 1.82) is 0 Å². The molecule has 2 amide bonds. The van der Waals surface area contributed by atoms with E-state index in [1.54, 1.807) is 6.07 Å². The van der Waals surface area contributed by atoms with E-state index in [2.05, 4.69) is 10.6 Å². The largest absolute Gasteiger partial charge is 0.506 e. The highest BCUT2D eigenvalue weighted by Crippen LogP contribution is 2.26. The van der Waals surface area contributed by atoms with Crippen LogP contribution in [0.3, 0.4) is 0 Å². The zero-order valence-corrected chi connectivity index (χ0v) is 9.83. The van der Waals surface area contributed by atoms with Gasteiger partial charge in [-0.3, -0.25) is 0 Å². The first kappa shape index (κ1) is 12.0. The van der Waals surface area contributed by atoms with Gasteiger partial charge in [-0.2, -0.15) is 0 Å². The number of carbonyl (C=O) groups excluding carboxylic acids is 1. The van der Waals surface area contributed by atoms with Crippen LogP contribution in [0, 0.1) is 0 Å². The molecule has 0 spiro atoms. The van der Waals surface area contributed by atoms with Gasteiger partial charge in [0.15, 0.2) is 0 Å². The number of rotatable bonds is 2. The summed E-state index contributed by atoms with van der Waals surface area (Å²) in [5.41, 5.74) is 0.271. The van der Waals surface area contributed by atoms with E-state index in [-0.39, 0.29) is 17.7 Å². The minimum Gasteiger partial charge on any atom is -0.506 e. The van der Waals surface area contributed by atoms with Crippen LogP contribution in [0.1, 0.15) is 12.8 Å². The summed E-state index contributed by atoms with van der Waals surface area (Å²) < 4.78 is 5.25. The fraction of sp³-hybridized carbons (Fsp3) is 0.364. The summed E-state index contributed by atoms with van der Waals surface area (Å²) in [6, 6.07) is 4.02. The lowest BCUT2D eigenvalue weighted by Gasteiger charge is -2.13. The summed E-state index contributed by atoms with van der Waals surface area (Å²) in [6.07, 6.45) is 1.49. The van der Waals surface area contributed by atoms with Gasteiger partial charge in [-0.25, -0.2) is 4.79 Å². The number of phenols is 1. The van der Waals surface area contributed by atoms with Crippen molar-refractivity contribution in [1.82, 2.24) is 5.32 Å². The number of benzene rings is 1. The van der Waals surface area contributed by atoms with Gasteiger partial charge in [0.25, 0.3) is 0 Å². The second kappa shape index (κ2) is 5.25. The summed E-state index contributed by atoms with van der Waals surface area (Å²) in [7, 11) is 0. The Kier molecular flexibility index (Phi) is 3.71. The van der Waals surface area contributed by atoms with Gasteiger partial charge in [0, 0.05) is 11.6 Å². The van der Waals surface area contributed by atoms with Crippen molar-refractivity contribution in [2.75, 3.05) is 11.9 Å². The normalized spacial score (nSPS) is 19.0. The number of carbonyl (C=O) groups is 1. The first-order valence-corrected chi connectivity index (χ1v) is 5.70. The fourth-order valence-corrected chi connectivity index (χ4v) is 1.78. The van der Waals surface area contributed by atoms with Gasteiger partial charge in [0.05, 0.1) is 5.69 Å². The summed E-state index contributed by atoms with van der Waals surface area (Å²) in [4.78, 5) is 11.6. The standard InChI is InChI=1S/C11H13ClN2O3/c12-7-3-4-9(15)8(6-7)13-11(16)14-10-2-1-5-17-10/h3-4,6,10,15H,1-2,5H2,(H2,13,14,16). The van der Waals surface area contributed by atoms with E-state index in [0.29, 0.717) is 11.6 Å². The maximum atomic E-state index is 11.6. The third-order valence-corrected chi connectivity index (χ3v) is 2.66. The second-order valence-electron chi connectivity index (χ2n) is 3.76. The SMILES string of the molecule is O=C(Nc1cc(Cl)ccc1O)NC1CCCO1. The molecule has 3 N–H and O–H groups in total. The molecule has 1 aromatic carbocycles. The van der Waals surface area contributed by atoms with Crippen LogP contribution in [0.4, 0.5) is 10.5 Å². The highest BCUT2D eigenvalue weighted by Gasteiger charge is 2.18. The molecule has 17 heavy (non-hydrogen) atoms. The maximum Gasteiger partial charge on any atom is 0.321 e. The van der Waals surface area contributed by atoms with Crippen molar-refractivity contribution in [2.45, 2.75) is 19.1 Å². The molecule has 0 bridgehead atoms. The first-order chi connectivity index (χ1) is 8.15. The van der Waals surface area contributed by atoms with E-state index in [9.17, 15) is 9.90 Å². The van der Waals surface area contributed by atoms with E-state index in [0.717, 1.165) is 12.8 Å². The Labute approximate surface area is 104 Å². The van der Waals surface area contributed by atoms with E-state index < -0.39 is 6.03 Å². The Morgan fingerprint density at radius 2 is 2.35 bits per heavy atom. The molecule has 0 radical (unpaired) electrons. The first-order valence-electron chi connectivity index (χ1n) is 5.33. The average molecular weight is 257 g/mol. The Morgan fingerprint density at radius 1 is 1.53 bits per heavy atom. The number of hydrogen-bond acceptors (Lipinski definition) is 3. The lowest BCUT2D eigenvalue weighted by molar-refractivity contribution is 0.0928. The fourth-order valence-electron chi connectivity index (χ4n) is 1.60. The van der Waals surface area contributed by atoms with Crippen molar-refractivity contribution in [3.63, 3.8) is 0 Å².